The number of hydrogen-bond acceptors (Lipinski definition) is 4. The Morgan fingerprint density at radius 3 is 2.42 bits per heavy atom. The number of nitrogens with one attached hydrogen (secondary N) is 2. The highest BCUT2D eigenvalue weighted by Crippen LogP contribution is 2.24. The number of rotatable bonds is 5. The van der Waals surface area contributed by atoms with Crippen molar-refractivity contribution < 1.29 is 9.59 Å². The Morgan fingerprint density at radius 2 is 1.71 bits per heavy atom. The molecule has 4 rings (SSSR count). The Balaban J connectivity index is 1.26. The first-order valence-corrected chi connectivity index (χ1v) is 11.3. The fourth-order valence-corrected chi connectivity index (χ4v) is 4.51. The molecule has 0 aliphatic carbocycles. The molecule has 2 aromatic carbocycles. The average Bonchev–Trinajstić information content (AvgIpc) is 2.83. The van der Waals surface area contributed by atoms with Crippen LogP contribution in [0.4, 0.5) is 4.79 Å². The molecule has 7 heteroatoms. The van der Waals surface area contributed by atoms with Crippen molar-refractivity contribution in [3.63, 3.8) is 0 Å². The second-order valence-corrected chi connectivity index (χ2v) is 8.67. The van der Waals surface area contributed by atoms with Crippen LogP contribution in [0.25, 0.3) is 0 Å². The molecule has 0 spiro atoms. The monoisotopic (exact) mass is 440 g/mol. The highest BCUT2D eigenvalue weighted by Gasteiger charge is 2.33. The van der Waals surface area contributed by atoms with Crippen molar-refractivity contribution in [2.75, 3.05) is 32.7 Å². The maximum atomic E-state index is 12.9. The Labute approximate surface area is 188 Å². The Hall–Kier alpha value is -2.41. The molecular weight excluding hydrogens is 412 g/mol. The van der Waals surface area contributed by atoms with Gasteiger partial charge in [0.25, 0.3) is 0 Å². The van der Waals surface area contributed by atoms with Crippen LogP contribution in [0.1, 0.15) is 28.8 Å². The first kappa shape index (κ1) is 21.8. The van der Waals surface area contributed by atoms with Crippen molar-refractivity contribution in [1.29, 1.82) is 0 Å². The number of benzene rings is 2. The molecule has 0 radical (unpaired) electrons. The molecule has 164 valence electrons. The van der Waals surface area contributed by atoms with E-state index in [0.29, 0.717) is 24.7 Å². The van der Waals surface area contributed by atoms with E-state index in [1.807, 2.05) is 47.4 Å². The number of nitrogens with zero attached hydrogens (tertiary/aromatic N) is 2. The van der Waals surface area contributed by atoms with E-state index in [9.17, 15) is 9.59 Å². The molecule has 0 saturated carbocycles. The summed E-state index contributed by atoms with van der Waals surface area (Å²) < 4.78 is 0. The molecular formula is C24H29ClN4O2. The topological polar surface area (TPSA) is 64.7 Å². The number of ketones is 1. The predicted octanol–water partition coefficient (Wildman–Crippen LogP) is 3.38. The summed E-state index contributed by atoms with van der Waals surface area (Å²) in [6.45, 7) is 4.35. The van der Waals surface area contributed by atoms with Crippen LogP contribution in [0.2, 0.25) is 5.02 Å². The molecule has 2 heterocycles. The van der Waals surface area contributed by atoms with E-state index in [1.165, 1.54) is 0 Å². The molecule has 2 unspecified atom stereocenters. The largest absolute Gasteiger partial charge is 0.334 e. The van der Waals surface area contributed by atoms with E-state index < -0.39 is 0 Å². The van der Waals surface area contributed by atoms with Gasteiger partial charge < -0.3 is 15.5 Å². The van der Waals surface area contributed by atoms with Crippen molar-refractivity contribution >= 4 is 23.4 Å². The first-order valence-electron chi connectivity index (χ1n) is 10.9. The van der Waals surface area contributed by atoms with E-state index >= 15 is 0 Å². The molecule has 2 amide bonds. The first-order chi connectivity index (χ1) is 15.1. The van der Waals surface area contributed by atoms with Crippen molar-refractivity contribution in [2.24, 2.45) is 5.92 Å². The van der Waals surface area contributed by atoms with Gasteiger partial charge in [-0.1, -0.05) is 41.9 Å². The average molecular weight is 441 g/mol. The third-order valence-electron chi connectivity index (χ3n) is 6.21. The van der Waals surface area contributed by atoms with Crippen molar-refractivity contribution in [3.05, 3.63) is 70.7 Å². The van der Waals surface area contributed by atoms with Gasteiger partial charge in [0.05, 0.1) is 6.17 Å². The smallest absolute Gasteiger partial charge is 0.317 e. The van der Waals surface area contributed by atoms with Gasteiger partial charge in [0, 0.05) is 49.2 Å². The molecule has 0 bridgehead atoms. The molecule has 2 aliphatic rings. The fraction of sp³-hybridized carbons (Fsp3) is 0.417. The summed E-state index contributed by atoms with van der Waals surface area (Å²) >= 11 is 5.95. The molecule has 31 heavy (non-hydrogen) atoms. The number of carbonyl (C=O) groups excluding carboxylic acids is 2. The van der Waals surface area contributed by atoms with Gasteiger partial charge in [-0.25, -0.2) is 4.79 Å². The molecule has 2 N–H and O–H groups in total. The van der Waals surface area contributed by atoms with Crippen LogP contribution in [0, 0.1) is 5.92 Å². The Kier molecular flexibility index (Phi) is 7.22. The third kappa shape index (κ3) is 5.64. The number of amides is 2. The zero-order valence-corrected chi connectivity index (χ0v) is 18.4. The minimum Gasteiger partial charge on any atom is -0.334 e. The molecule has 2 fully saturated rings. The molecule has 0 aromatic heterocycles. The standard InChI is InChI=1S/C24H29ClN4O2/c25-21-8-6-19(7-9-21)23(30)20-10-11-26-22(16-20)28-12-14-29(15-13-28)24(31)27-17-18-4-2-1-3-5-18/h1-9,20,22,26H,10-17H2,(H,27,31). The lowest BCUT2D eigenvalue weighted by molar-refractivity contribution is 0.0585. The van der Waals surface area contributed by atoms with Gasteiger partial charge in [-0.15, -0.1) is 0 Å². The zero-order chi connectivity index (χ0) is 21.6. The summed E-state index contributed by atoms with van der Waals surface area (Å²) in [5.74, 6) is 0.210. The summed E-state index contributed by atoms with van der Waals surface area (Å²) in [6.07, 6.45) is 1.81. The summed E-state index contributed by atoms with van der Waals surface area (Å²) in [5, 5.41) is 7.21. The second kappa shape index (κ2) is 10.3. The van der Waals surface area contributed by atoms with Crippen LogP contribution >= 0.6 is 11.6 Å². The van der Waals surface area contributed by atoms with Gasteiger partial charge in [-0.3, -0.25) is 9.69 Å². The summed E-state index contributed by atoms with van der Waals surface area (Å²) in [6, 6.07) is 17.1. The van der Waals surface area contributed by atoms with Gasteiger partial charge in [0.15, 0.2) is 5.78 Å². The van der Waals surface area contributed by atoms with E-state index in [-0.39, 0.29) is 23.9 Å². The summed E-state index contributed by atoms with van der Waals surface area (Å²) in [4.78, 5) is 29.7. The number of Topliss-reactive ketones (excluding diaryl/α,β-unsaturated/α-hetero) is 1. The van der Waals surface area contributed by atoms with Crippen LogP contribution in [0.3, 0.4) is 0 Å². The Morgan fingerprint density at radius 1 is 1.00 bits per heavy atom. The lowest BCUT2D eigenvalue weighted by Crippen LogP contribution is -2.59. The minimum atomic E-state index is -0.0177. The lowest BCUT2D eigenvalue weighted by atomic mass is 9.87. The normalized spacial score (nSPS) is 22.2. The van der Waals surface area contributed by atoms with Crippen molar-refractivity contribution in [1.82, 2.24) is 20.4 Å². The summed E-state index contributed by atoms with van der Waals surface area (Å²) in [7, 11) is 0. The SMILES string of the molecule is O=C(c1ccc(Cl)cc1)C1CCNC(N2CCN(C(=O)NCc3ccccc3)CC2)C1. The van der Waals surface area contributed by atoms with Crippen LogP contribution in [-0.2, 0) is 6.54 Å². The van der Waals surface area contributed by atoms with Gasteiger partial charge in [-0.2, -0.15) is 0 Å². The van der Waals surface area contributed by atoms with E-state index in [0.717, 1.165) is 43.6 Å². The molecule has 6 nitrogen and oxygen atoms in total. The number of carbonyl (C=O) groups is 2. The maximum Gasteiger partial charge on any atom is 0.317 e. The van der Waals surface area contributed by atoms with Gasteiger partial charge in [-0.05, 0) is 49.2 Å². The second-order valence-electron chi connectivity index (χ2n) is 8.23. The van der Waals surface area contributed by atoms with Gasteiger partial charge in [0.1, 0.15) is 0 Å². The van der Waals surface area contributed by atoms with Crippen LogP contribution in [-0.4, -0.2) is 60.5 Å². The minimum absolute atomic E-state index is 0.0135. The highest BCUT2D eigenvalue weighted by atomic mass is 35.5. The van der Waals surface area contributed by atoms with Crippen LogP contribution in [0.5, 0.6) is 0 Å². The Bertz CT molecular complexity index is 882. The molecule has 2 aliphatic heterocycles. The zero-order valence-electron chi connectivity index (χ0n) is 17.6. The molecule has 2 atom stereocenters. The fourth-order valence-electron chi connectivity index (χ4n) is 4.38. The van der Waals surface area contributed by atoms with E-state index in [4.69, 9.17) is 11.6 Å². The quantitative estimate of drug-likeness (QED) is 0.699. The number of piperidine rings is 1. The number of urea groups is 1. The highest BCUT2D eigenvalue weighted by molar-refractivity contribution is 6.30. The van der Waals surface area contributed by atoms with Crippen LogP contribution in [0.15, 0.2) is 54.6 Å². The van der Waals surface area contributed by atoms with E-state index in [2.05, 4.69) is 15.5 Å². The third-order valence-corrected chi connectivity index (χ3v) is 6.46. The number of halogens is 1. The van der Waals surface area contributed by atoms with Gasteiger partial charge >= 0.3 is 6.03 Å². The van der Waals surface area contributed by atoms with E-state index in [1.54, 1.807) is 12.1 Å². The number of hydrogen-bond donors (Lipinski definition) is 2. The molecule has 2 saturated heterocycles. The lowest BCUT2D eigenvalue weighted by Gasteiger charge is -2.42. The van der Waals surface area contributed by atoms with Crippen molar-refractivity contribution in [2.45, 2.75) is 25.6 Å². The van der Waals surface area contributed by atoms with Gasteiger partial charge in [0.2, 0.25) is 0 Å². The van der Waals surface area contributed by atoms with Crippen molar-refractivity contribution in [3.8, 4) is 0 Å². The number of piperazine rings is 1. The predicted molar refractivity (Wildman–Crippen MR) is 122 cm³/mol. The maximum absolute atomic E-state index is 12.9. The van der Waals surface area contributed by atoms with Crippen LogP contribution < -0.4 is 10.6 Å². The molecule has 2 aromatic rings. The summed E-state index contributed by atoms with van der Waals surface area (Å²) in [5.41, 5.74) is 1.83.